The van der Waals surface area contributed by atoms with E-state index < -0.39 is 0 Å². The number of allylic oxidation sites excluding steroid dienone is 2. The third kappa shape index (κ3) is 46.6. The SMILES string of the molecule is CC.CC(C)=C(C)C.CCC.CCC(C)=NC.CCCC1CC(C)CCC1CC(C)C.CCN.CN. The molecular formula is C33H77N3. The zero-order chi connectivity index (χ0) is 30.1. The molecule has 0 heterocycles. The molecule has 4 N–H and O–H groups in total. The van der Waals surface area contributed by atoms with Gasteiger partial charge in [-0.15, -0.1) is 0 Å². The van der Waals surface area contributed by atoms with Gasteiger partial charge >= 0.3 is 0 Å². The topological polar surface area (TPSA) is 64.4 Å². The molecule has 0 aromatic rings. The molecule has 1 fully saturated rings. The van der Waals surface area contributed by atoms with Crippen molar-refractivity contribution in [3.05, 3.63) is 11.1 Å². The Morgan fingerprint density at radius 2 is 1.22 bits per heavy atom. The summed E-state index contributed by atoms with van der Waals surface area (Å²) in [5.41, 5.74) is 13.4. The highest BCUT2D eigenvalue weighted by Crippen LogP contribution is 2.39. The summed E-state index contributed by atoms with van der Waals surface area (Å²) in [6.07, 6.45) is 11.1. The molecule has 36 heavy (non-hydrogen) atoms. The molecule has 0 aliphatic heterocycles. The number of hydrogen-bond acceptors (Lipinski definition) is 3. The van der Waals surface area contributed by atoms with Crippen LogP contribution in [0.4, 0.5) is 0 Å². The second kappa shape index (κ2) is 41.5. The smallest absolute Gasteiger partial charge is 0.0276 e. The van der Waals surface area contributed by atoms with Crippen LogP contribution in [0, 0.1) is 23.7 Å². The summed E-state index contributed by atoms with van der Waals surface area (Å²) in [5, 5.41) is 0. The molecule has 0 radical (unpaired) electrons. The quantitative estimate of drug-likeness (QED) is 0.282. The van der Waals surface area contributed by atoms with Crippen LogP contribution in [0.3, 0.4) is 0 Å². The van der Waals surface area contributed by atoms with Gasteiger partial charge in [-0.2, -0.15) is 0 Å². The summed E-state index contributed by atoms with van der Waals surface area (Å²) < 4.78 is 0. The summed E-state index contributed by atoms with van der Waals surface area (Å²) in [6, 6.07) is 0. The maximum Gasteiger partial charge on any atom is 0.0276 e. The Morgan fingerprint density at radius 3 is 1.44 bits per heavy atom. The average Bonchev–Trinajstić information content (AvgIpc) is 2.84. The van der Waals surface area contributed by atoms with E-state index in [1.165, 1.54) is 68.9 Å². The molecule has 1 saturated carbocycles. The molecule has 224 valence electrons. The van der Waals surface area contributed by atoms with Crippen LogP contribution < -0.4 is 11.5 Å². The van der Waals surface area contributed by atoms with Crippen molar-refractivity contribution in [3.8, 4) is 0 Å². The molecule has 3 unspecified atom stereocenters. The minimum atomic E-state index is 0.750. The molecule has 0 aromatic carbocycles. The lowest BCUT2D eigenvalue weighted by Crippen LogP contribution is -2.24. The summed E-state index contributed by atoms with van der Waals surface area (Å²) in [7, 11) is 3.32. The third-order valence-electron chi connectivity index (χ3n) is 5.73. The van der Waals surface area contributed by atoms with E-state index in [9.17, 15) is 0 Å². The van der Waals surface area contributed by atoms with E-state index in [1.54, 1.807) is 0 Å². The lowest BCUT2D eigenvalue weighted by molar-refractivity contribution is 0.155. The normalized spacial score (nSPS) is 17.8. The van der Waals surface area contributed by atoms with Gasteiger partial charge in [-0.05, 0) is 97.6 Å². The molecule has 1 aliphatic carbocycles. The standard InChI is InChI=1S/C14H28.C6H12.C5H11N.C3H8.C2H7N.C2H6.CH5N/c1-5-6-13-10-12(4)7-8-14(13)9-11(2)3;1-5(2)6(3)4;1-4-5(2)6-3;1-3-2;1-2-3;2*1-2/h11-14H,5-10H2,1-4H3;1-4H3;4H2,1-3H3;3H2,1-2H3;2-3H2,1H3;1-2H3;2H2,1H3. The summed E-state index contributed by atoms with van der Waals surface area (Å²) in [5.74, 6) is 3.99. The van der Waals surface area contributed by atoms with Gasteiger partial charge < -0.3 is 11.5 Å². The largest absolute Gasteiger partial charge is 0.333 e. The molecule has 3 heteroatoms. The van der Waals surface area contributed by atoms with Gasteiger partial charge in [0, 0.05) is 12.8 Å². The van der Waals surface area contributed by atoms with E-state index in [2.05, 4.69) is 86.9 Å². The molecular weight excluding hydrogens is 438 g/mol. The number of rotatable bonds is 5. The van der Waals surface area contributed by atoms with Gasteiger partial charge in [0.15, 0.2) is 0 Å². The maximum absolute atomic E-state index is 4.85. The van der Waals surface area contributed by atoms with Gasteiger partial charge in [-0.1, -0.05) is 106 Å². The van der Waals surface area contributed by atoms with E-state index in [0.717, 1.165) is 36.6 Å². The zero-order valence-corrected chi connectivity index (χ0v) is 28.8. The molecule has 0 saturated heterocycles. The Morgan fingerprint density at radius 1 is 0.833 bits per heavy atom. The molecule has 1 aliphatic rings. The average molecular weight is 516 g/mol. The first kappa shape index (κ1) is 48.4. The van der Waals surface area contributed by atoms with Crippen LogP contribution in [-0.2, 0) is 0 Å². The zero-order valence-electron chi connectivity index (χ0n) is 28.8. The van der Waals surface area contributed by atoms with E-state index in [1.807, 2.05) is 34.7 Å². The predicted molar refractivity (Wildman–Crippen MR) is 176 cm³/mol. The minimum absolute atomic E-state index is 0.750. The van der Waals surface area contributed by atoms with Crippen LogP contribution in [0.5, 0.6) is 0 Å². The predicted octanol–water partition coefficient (Wildman–Crippen LogP) is 10.7. The monoisotopic (exact) mass is 516 g/mol. The van der Waals surface area contributed by atoms with Crippen LogP contribution >= 0.6 is 0 Å². The molecule has 0 aromatic heterocycles. The first-order valence-electron chi connectivity index (χ1n) is 15.2. The molecule has 0 bridgehead atoms. The first-order valence-corrected chi connectivity index (χ1v) is 15.2. The van der Waals surface area contributed by atoms with Gasteiger partial charge in [0.25, 0.3) is 0 Å². The van der Waals surface area contributed by atoms with Crippen LogP contribution in [0.15, 0.2) is 16.1 Å². The fourth-order valence-electron chi connectivity index (χ4n) is 3.36. The first-order chi connectivity index (χ1) is 16.9. The molecule has 3 nitrogen and oxygen atoms in total. The molecule has 0 spiro atoms. The van der Waals surface area contributed by atoms with Gasteiger partial charge in [0.2, 0.25) is 0 Å². The summed E-state index contributed by atoms with van der Waals surface area (Å²) >= 11 is 0. The van der Waals surface area contributed by atoms with Crippen molar-refractivity contribution in [1.82, 2.24) is 0 Å². The Kier molecular flexibility index (Phi) is 55.7. The Labute approximate surface area is 232 Å². The van der Waals surface area contributed by atoms with E-state index in [-0.39, 0.29) is 0 Å². The fraction of sp³-hybridized carbons (Fsp3) is 0.909. The Hall–Kier alpha value is -0.670. The number of aliphatic imine (C=N–C) groups is 1. The molecule has 1 rings (SSSR count). The fourth-order valence-corrected chi connectivity index (χ4v) is 3.36. The highest BCUT2D eigenvalue weighted by Gasteiger charge is 2.28. The van der Waals surface area contributed by atoms with Gasteiger partial charge in [0.05, 0.1) is 0 Å². The second-order valence-corrected chi connectivity index (χ2v) is 10.3. The van der Waals surface area contributed by atoms with Crippen LogP contribution in [0.1, 0.15) is 155 Å². The van der Waals surface area contributed by atoms with Crippen LogP contribution in [0.2, 0.25) is 0 Å². The molecule has 0 amide bonds. The number of nitrogens with two attached hydrogens (primary N) is 2. The minimum Gasteiger partial charge on any atom is -0.333 e. The van der Waals surface area contributed by atoms with E-state index in [4.69, 9.17) is 5.73 Å². The highest BCUT2D eigenvalue weighted by atomic mass is 14.7. The Balaban J connectivity index is -0.0000000862. The maximum atomic E-state index is 4.85. The van der Waals surface area contributed by atoms with Crippen molar-refractivity contribution in [2.75, 3.05) is 20.6 Å². The van der Waals surface area contributed by atoms with Crippen molar-refractivity contribution in [2.45, 2.75) is 155 Å². The number of nitrogens with zero attached hydrogens (tertiary/aromatic N) is 1. The highest BCUT2D eigenvalue weighted by molar-refractivity contribution is 5.81. The summed E-state index contributed by atoms with van der Waals surface area (Å²) in [6.45, 7) is 33.0. The lowest BCUT2D eigenvalue weighted by atomic mass is 9.70. The van der Waals surface area contributed by atoms with Gasteiger partial charge in [0.1, 0.15) is 0 Å². The van der Waals surface area contributed by atoms with Crippen LogP contribution in [0.25, 0.3) is 0 Å². The summed E-state index contributed by atoms with van der Waals surface area (Å²) in [4.78, 5) is 3.92. The van der Waals surface area contributed by atoms with Gasteiger partial charge in [-0.25, -0.2) is 0 Å². The lowest BCUT2D eigenvalue weighted by Gasteiger charge is -2.36. The third-order valence-corrected chi connectivity index (χ3v) is 5.73. The van der Waals surface area contributed by atoms with Crippen molar-refractivity contribution < 1.29 is 0 Å². The van der Waals surface area contributed by atoms with E-state index >= 15 is 0 Å². The van der Waals surface area contributed by atoms with Crippen molar-refractivity contribution in [1.29, 1.82) is 0 Å². The van der Waals surface area contributed by atoms with Gasteiger partial charge in [-0.3, -0.25) is 4.99 Å². The van der Waals surface area contributed by atoms with Crippen LogP contribution in [-0.4, -0.2) is 26.4 Å². The Bertz CT molecular complexity index is 403. The van der Waals surface area contributed by atoms with Crippen molar-refractivity contribution >= 4 is 5.71 Å². The molecule has 3 atom stereocenters. The van der Waals surface area contributed by atoms with Crippen molar-refractivity contribution in [2.24, 2.45) is 40.1 Å². The van der Waals surface area contributed by atoms with E-state index in [0.29, 0.717) is 0 Å². The second-order valence-electron chi connectivity index (χ2n) is 10.3. The van der Waals surface area contributed by atoms with Crippen molar-refractivity contribution in [3.63, 3.8) is 0 Å². The number of hydrogen-bond donors (Lipinski definition) is 2.